The predicted molar refractivity (Wildman–Crippen MR) is 70.3 cm³/mol. The molecule has 1 aliphatic heterocycles. The molecule has 1 saturated heterocycles. The number of carboxylic acid groups (broad SMARTS) is 1. The molecule has 1 heterocycles. The van der Waals surface area contributed by atoms with E-state index in [1.165, 1.54) is 24.3 Å². The number of carboxylic acids is 1. The highest BCUT2D eigenvalue weighted by atomic mass is 32.2. The quantitative estimate of drug-likeness (QED) is 0.902. The zero-order chi connectivity index (χ0) is 14.8. The van der Waals surface area contributed by atoms with Crippen LogP contribution in [0.15, 0.2) is 29.2 Å². The molecule has 1 aromatic rings. The van der Waals surface area contributed by atoms with Crippen molar-refractivity contribution in [2.75, 3.05) is 6.54 Å². The van der Waals surface area contributed by atoms with Crippen molar-refractivity contribution in [2.24, 2.45) is 0 Å². The van der Waals surface area contributed by atoms with E-state index >= 15 is 0 Å². The van der Waals surface area contributed by atoms with Gasteiger partial charge in [-0.05, 0) is 43.5 Å². The fourth-order valence-electron chi connectivity index (χ4n) is 2.28. The molecule has 1 aliphatic rings. The molecule has 1 fully saturated rings. The van der Waals surface area contributed by atoms with E-state index in [2.05, 4.69) is 0 Å². The number of sulfonamides is 1. The molecule has 0 bridgehead atoms. The lowest BCUT2D eigenvalue weighted by Gasteiger charge is -2.31. The van der Waals surface area contributed by atoms with Gasteiger partial charge in [-0.25, -0.2) is 8.42 Å². The first-order valence-corrected chi connectivity index (χ1v) is 7.65. The molecule has 1 aromatic carbocycles. The Hall–Kier alpha value is -1.91. The van der Waals surface area contributed by atoms with E-state index in [1.807, 2.05) is 6.07 Å². The van der Waals surface area contributed by atoms with E-state index in [4.69, 9.17) is 10.4 Å². The van der Waals surface area contributed by atoms with Gasteiger partial charge in [0.2, 0.25) is 10.0 Å². The number of benzene rings is 1. The molecule has 7 heteroatoms. The van der Waals surface area contributed by atoms with Gasteiger partial charge in [-0.2, -0.15) is 9.57 Å². The van der Waals surface area contributed by atoms with Crippen LogP contribution in [0.1, 0.15) is 24.8 Å². The number of rotatable bonds is 3. The maximum Gasteiger partial charge on any atom is 0.322 e. The van der Waals surface area contributed by atoms with Crippen molar-refractivity contribution in [1.29, 1.82) is 5.26 Å². The Labute approximate surface area is 117 Å². The summed E-state index contributed by atoms with van der Waals surface area (Å²) >= 11 is 0. The van der Waals surface area contributed by atoms with Gasteiger partial charge in [-0.3, -0.25) is 4.79 Å². The molecule has 2 rings (SSSR count). The zero-order valence-electron chi connectivity index (χ0n) is 10.7. The second-order valence-corrected chi connectivity index (χ2v) is 6.49. The summed E-state index contributed by atoms with van der Waals surface area (Å²) in [7, 11) is -3.84. The molecule has 6 nitrogen and oxygen atoms in total. The summed E-state index contributed by atoms with van der Waals surface area (Å²) in [6.45, 7) is 0.208. The van der Waals surface area contributed by atoms with Crippen molar-refractivity contribution in [3.63, 3.8) is 0 Å². The predicted octanol–water partition coefficient (Wildman–Crippen LogP) is 1.19. The van der Waals surface area contributed by atoms with Crippen LogP contribution in [0.3, 0.4) is 0 Å². The van der Waals surface area contributed by atoms with Crippen LogP contribution in [-0.2, 0) is 14.8 Å². The van der Waals surface area contributed by atoms with Crippen LogP contribution >= 0.6 is 0 Å². The maximum atomic E-state index is 12.5. The Balaban J connectivity index is 2.37. The average molecular weight is 294 g/mol. The van der Waals surface area contributed by atoms with E-state index in [-0.39, 0.29) is 11.4 Å². The number of hydrogen-bond acceptors (Lipinski definition) is 4. The largest absolute Gasteiger partial charge is 0.480 e. The standard InChI is InChI=1S/C13H14N2O4S/c14-9-10-4-6-11(7-5-10)20(18,19)15-8-2-1-3-12(15)13(16)17/h4-7,12H,1-3,8H2,(H,16,17)/t12-/m1/s1. The van der Waals surface area contributed by atoms with Crippen molar-refractivity contribution in [1.82, 2.24) is 4.31 Å². The van der Waals surface area contributed by atoms with Crippen LogP contribution in [0.5, 0.6) is 0 Å². The molecular formula is C13H14N2O4S. The number of aliphatic carboxylic acids is 1. The third-order valence-electron chi connectivity index (χ3n) is 3.33. The molecule has 1 atom stereocenters. The topological polar surface area (TPSA) is 98.5 Å². The maximum absolute atomic E-state index is 12.5. The monoisotopic (exact) mass is 294 g/mol. The zero-order valence-corrected chi connectivity index (χ0v) is 11.5. The molecule has 0 radical (unpaired) electrons. The minimum Gasteiger partial charge on any atom is -0.480 e. The summed E-state index contributed by atoms with van der Waals surface area (Å²) in [5, 5.41) is 17.9. The molecule has 0 spiro atoms. The van der Waals surface area contributed by atoms with Crippen LogP contribution < -0.4 is 0 Å². The average Bonchev–Trinajstić information content (AvgIpc) is 2.47. The van der Waals surface area contributed by atoms with E-state index < -0.39 is 22.0 Å². The van der Waals surface area contributed by atoms with E-state index in [0.717, 1.165) is 4.31 Å². The molecular weight excluding hydrogens is 280 g/mol. The Morgan fingerprint density at radius 1 is 1.30 bits per heavy atom. The van der Waals surface area contributed by atoms with Crippen LogP contribution in [0.4, 0.5) is 0 Å². The van der Waals surface area contributed by atoms with Crippen molar-refractivity contribution in [2.45, 2.75) is 30.2 Å². The van der Waals surface area contributed by atoms with Crippen molar-refractivity contribution in [3.05, 3.63) is 29.8 Å². The van der Waals surface area contributed by atoms with Crippen molar-refractivity contribution in [3.8, 4) is 6.07 Å². The highest BCUT2D eigenvalue weighted by Crippen LogP contribution is 2.25. The van der Waals surface area contributed by atoms with Gasteiger partial charge in [0.15, 0.2) is 0 Å². The van der Waals surface area contributed by atoms with E-state index in [1.54, 1.807) is 0 Å². The Morgan fingerprint density at radius 3 is 2.50 bits per heavy atom. The van der Waals surface area contributed by atoms with Gasteiger partial charge >= 0.3 is 5.97 Å². The minimum absolute atomic E-state index is 0.0182. The smallest absolute Gasteiger partial charge is 0.322 e. The highest BCUT2D eigenvalue weighted by Gasteiger charge is 2.37. The molecule has 0 amide bonds. The van der Waals surface area contributed by atoms with Gasteiger partial charge in [-0.15, -0.1) is 0 Å². The van der Waals surface area contributed by atoms with Gasteiger partial charge in [0.05, 0.1) is 16.5 Å². The number of piperidine rings is 1. The number of carbonyl (C=O) groups is 1. The van der Waals surface area contributed by atoms with Crippen molar-refractivity contribution >= 4 is 16.0 Å². The first kappa shape index (κ1) is 14.5. The SMILES string of the molecule is N#Cc1ccc(S(=O)(=O)N2CCCC[C@@H]2C(=O)O)cc1. The summed E-state index contributed by atoms with van der Waals surface area (Å²) in [6, 6.07) is 6.39. The lowest BCUT2D eigenvalue weighted by molar-refractivity contribution is -0.142. The lowest BCUT2D eigenvalue weighted by atomic mass is 10.1. The van der Waals surface area contributed by atoms with Gasteiger partial charge in [0, 0.05) is 6.54 Å². The van der Waals surface area contributed by atoms with Crippen LogP contribution in [-0.4, -0.2) is 36.4 Å². The molecule has 0 unspecified atom stereocenters. The summed E-state index contributed by atoms with van der Waals surface area (Å²) in [5.74, 6) is -1.12. The summed E-state index contributed by atoms with van der Waals surface area (Å²) in [5.41, 5.74) is 0.359. The van der Waals surface area contributed by atoms with Crippen LogP contribution in [0, 0.1) is 11.3 Å². The second-order valence-electron chi connectivity index (χ2n) is 4.60. The molecule has 0 saturated carbocycles. The van der Waals surface area contributed by atoms with Crippen LogP contribution in [0.25, 0.3) is 0 Å². The molecule has 106 valence electrons. The summed E-state index contributed by atoms with van der Waals surface area (Å²) < 4.78 is 26.0. The van der Waals surface area contributed by atoms with Crippen LogP contribution in [0.2, 0.25) is 0 Å². The fourth-order valence-corrected chi connectivity index (χ4v) is 3.93. The third-order valence-corrected chi connectivity index (χ3v) is 5.25. The lowest BCUT2D eigenvalue weighted by Crippen LogP contribution is -2.47. The number of hydrogen-bond donors (Lipinski definition) is 1. The fraction of sp³-hybridized carbons (Fsp3) is 0.385. The third kappa shape index (κ3) is 2.66. The normalized spacial score (nSPS) is 20.2. The van der Waals surface area contributed by atoms with Gasteiger partial charge < -0.3 is 5.11 Å². The first-order valence-electron chi connectivity index (χ1n) is 6.21. The number of nitriles is 1. The minimum atomic E-state index is -3.84. The molecule has 0 aliphatic carbocycles. The van der Waals surface area contributed by atoms with E-state index in [0.29, 0.717) is 24.8 Å². The molecule has 1 N–H and O–H groups in total. The number of nitrogens with zero attached hydrogens (tertiary/aromatic N) is 2. The first-order chi connectivity index (χ1) is 9.46. The summed E-state index contributed by atoms with van der Waals surface area (Å²) in [6.07, 6.45) is 1.68. The Bertz CT molecular complexity index is 646. The van der Waals surface area contributed by atoms with Crippen molar-refractivity contribution < 1.29 is 18.3 Å². The second kappa shape index (κ2) is 5.61. The highest BCUT2D eigenvalue weighted by molar-refractivity contribution is 7.89. The van der Waals surface area contributed by atoms with E-state index in [9.17, 15) is 13.2 Å². The van der Waals surface area contributed by atoms with Gasteiger partial charge in [0.1, 0.15) is 6.04 Å². The van der Waals surface area contributed by atoms with Gasteiger partial charge in [-0.1, -0.05) is 0 Å². The Morgan fingerprint density at radius 2 is 1.95 bits per heavy atom. The summed E-state index contributed by atoms with van der Waals surface area (Å²) in [4.78, 5) is 11.2. The van der Waals surface area contributed by atoms with Gasteiger partial charge in [0.25, 0.3) is 0 Å². The molecule has 0 aromatic heterocycles. The Kier molecular flexibility index (Phi) is 4.06. The molecule has 20 heavy (non-hydrogen) atoms.